The Labute approximate surface area is 190 Å². The van der Waals surface area contributed by atoms with Crippen LogP contribution in [0, 0.1) is 11.8 Å². The Kier molecular flexibility index (Phi) is 5.90. The molecule has 2 fully saturated rings. The quantitative estimate of drug-likeness (QED) is 0.744. The summed E-state index contributed by atoms with van der Waals surface area (Å²) >= 11 is 0. The maximum absolute atomic E-state index is 13.0. The highest BCUT2D eigenvalue weighted by molar-refractivity contribution is 5.85. The number of hydrogen-bond acceptors (Lipinski definition) is 5. The molecule has 0 saturated carbocycles. The van der Waals surface area contributed by atoms with Gasteiger partial charge in [0.15, 0.2) is 0 Å². The molecule has 0 aromatic heterocycles. The van der Waals surface area contributed by atoms with Crippen LogP contribution in [-0.2, 0) is 14.3 Å². The van der Waals surface area contributed by atoms with E-state index in [4.69, 9.17) is 14.2 Å². The summed E-state index contributed by atoms with van der Waals surface area (Å²) in [6.07, 6.45) is 1.30. The number of likely N-dealkylation sites (tertiary alicyclic amines) is 1. The second kappa shape index (κ2) is 8.25. The van der Waals surface area contributed by atoms with Gasteiger partial charge in [0, 0.05) is 30.5 Å². The van der Waals surface area contributed by atoms with E-state index in [2.05, 4.69) is 25.2 Å². The highest BCUT2D eigenvalue weighted by atomic mass is 16.6. The summed E-state index contributed by atoms with van der Waals surface area (Å²) in [5.41, 5.74) is 0.181. The molecule has 0 spiro atoms. The lowest BCUT2D eigenvalue weighted by molar-refractivity contribution is -0.189. The molecule has 0 bridgehead atoms. The molecule has 3 aliphatic rings. The number of piperidine rings is 1. The molecule has 1 N–H and O–H groups in total. The summed E-state index contributed by atoms with van der Waals surface area (Å²) in [7, 11) is 0. The van der Waals surface area contributed by atoms with Crippen LogP contribution in [0.2, 0.25) is 0 Å². The first-order valence-electron chi connectivity index (χ1n) is 11.7. The normalized spacial score (nSPS) is 29.5. The first-order valence-corrected chi connectivity index (χ1v) is 11.7. The van der Waals surface area contributed by atoms with E-state index in [0.717, 1.165) is 24.2 Å². The molecular weight excluding hydrogens is 408 g/mol. The number of carbonyl (C=O) groups excluding carboxylic acids is 2. The van der Waals surface area contributed by atoms with Crippen molar-refractivity contribution in [3.05, 3.63) is 29.8 Å². The van der Waals surface area contributed by atoms with Crippen LogP contribution < -0.4 is 10.1 Å². The second-order valence-corrected chi connectivity index (χ2v) is 10.9. The van der Waals surface area contributed by atoms with E-state index in [1.165, 1.54) is 0 Å². The summed E-state index contributed by atoms with van der Waals surface area (Å²) < 4.78 is 18.3. The van der Waals surface area contributed by atoms with Crippen molar-refractivity contribution < 1.29 is 23.8 Å². The third kappa shape index (κ3) is 4.58. The lowest BCUT2D eigenvalue weighted by atomic mass is 9.70. The summed E-state index contributed by atoms with van der Waals surface area (Å²) in [6.45, 7) is 12.6. The van der Waals surface area contributed by atoms with Gasteiger partial charge >= 0.3 is 6.09 Å². The van der Waals surface area contributed by atoms with Crippen LogP contribution in [0.5, 0.6) is 5.75 Å². The van der Waals surface area contributed by atoms with Crippen LogP contribution in [0.1, 0.15) is 66.1 Å². The fourth-order valence-corrected chi connectivity index (χ4v) is 5.28. The van der Waals surface area contributed by atoms with Gasteiger partial charge in [0.25, 0.3) is 0 Å². The van der Waals surface area contributed by atoms with Crippen LogP contribution in [0.4, 0.5) is 4.79 Å². The van der Waals surface area contributed by atoms with Gasteiger partial charge in [0.1, 0.15) is 23.0 Å². The lowest BCUT2D eigenvalue weighted by Gasteiger charge is -2.53. The first-order chi connectivity index (χ1) is 14.9. The van der Waals surface area contributed by atoms with Crippen molar-refractivity contribution in [3.8, 4) is 5.75 Å². The van der Waals surface area contributed by atoms with Gasteiger partial charge in [-0.15, -0.1) is 0 Å². The van der Waals surface area contributed by atoms with Crippen LogP contribution in [0.3, 0.4) is 0 Å². The van der Waals surface area contributed by atoms with E-state index < -0.39 is 17.7 Å². The predicted octanol–water partition coefficient (Wildman–Crippen LogP) is 4.07. The highest BCUT2D eigenvalue weighted by Gasteiger charge is 2.51. The maximum atomic E-state index is 13.0. The molecule has 176 valence electrons. The van der Waals surface area contributed by atoms with Crippen molar-refractivity contribution in [3.63, 3.8) is 0 Å². The van der Waals surface area contributed by atoms with Crippen molar-refractivity contribution in [1.82, 2.24) is 10.2 Å². The van der Waals surface area contributed by atoms with Gasteiger partial charge in [-0.3, -0.25) is 4.79 Å². The fraction of sp³-hybridized carbons (Fsp3) is 0.680. The Morgan fingerprint density at radius 1 is 1.25 bits per heavy atom. The third-order valence-corrected chi connectivity index (χ3v) is 6.81. The van der Waals surface area contributed by atoms with Crippen LogP contribution >= 0.6 is 0 Å². The zero-order valence-corrected chi connectivity index (χ0v) is 20.0. The number of alkyl carbamates (subject to hydrolysis) is 1. The molecule has 3 aliphatic heterocycles. The minimum Gasteiger partial charge on any atom is -0.487 e. The molecule has 3 heterocycles. The molecule has 2 saturated heterocycles. The van der Waals surface area contributed by atoms with Crippen LogP contribution in [0.25, 0.3) is 0 Å². The third-order valence-electron chi connectivity index (χ3n) is 6.81. The number of nitrogens with zero attached hydrogens (tertiary/aromatic N) is 1. The summed E-state index contributed by atoms with van der Waals surface area (Å²) in [5, 5.41) is 2.67. The van der Waals surface area contributed by atoms with E-state index in [1.807, 2.05) is 23.1 Å². The van der Waals surface area contributed by atoms with Gasteiger partial charge in [0.05, 0.1) is 12.2 Å². The molecule has 1 aromatic rings. The van der Waals surface area contributed by atoms with Gasteiger partial charge in [-0.05, 0) is 60.5 Å². The number of para-hydroxylation sites is 1. The zero-order valence-electron chi connectivity index (χ0n) is 20.0. The van der Waals surface area contributed by atoms with Crippen LogP contribution in [-0.4, -0.2) is 53.3 Å². The minimum absolute atomic E-state index is 0.0196. The molecule has 5 atom stereocenters. The Balaban J connectivity index is 1.42. The average molecular weight is 445 g/mol. The summed E-state index contributed by atoms with van der Waals surface area (Å²) in [4.78, 5) is 27.0. The van der Waals surface area contributed by atoms with E-state index in [0.29, 0.717) is 13.1 Å². The van der Waals surface area contributed by atoms with E-state index in [1.54, 1.807) is 27.7 Å². The number of fused-ring (bicyclic) bond motifs is 4. The van der Waals surface area contributed by atoms with Gasteiger partial charge in [-0.25, -0.2) is 4.79 Å². The van der Waals surface area contributed by atoms with Gasteiger partial charge in [-0.2, -0.15) is 0 Å². The molecule has 1 aromatic carbocycles. The van der Waals surface area contributed by atoms with Crippen molar-refractivity contribution in [2.75, 3.05) is 13.1 Å². The van der Waals surface area contributed by atoms with Gasteiger partial charge in [-0.1, -0.05) is 18.2 Å². The topological polar surface area (TPSA) is 77.1 Å². The van der Waals surface area contributed by atoms with Crippen molar-refractivity contribution >= 4 is 12.0 Å². The van der Waals surface area contributed by atoms with Crippen molar-refractivity contribution in [2.45, 2.75) is 83.8 Å². The zero-order chi connectivity index (χ0) is 23.3. The lowest BCUT2D eigenvalue weighted by Crippen LogP contribution is -2.57. The number of ether oxygens (including phenoxy) is 3. The molecule has 0 unspecified atom stereocenters. The second-order valence-electron chi connectivity index (χ2n) is 10.9. The molecule has 0 radical (unpaired) electrons. The smallest absolute Gasteiger partial charge is 0.408 e. The predicted molar refractivity (Wildman–Crippen MR) is 120 cm³/mol. The fourth-order valence-electron chi connectivity index (χ4n) is 5.28. The Morgan fingerprint density at radius 3 is 2.69 bits per heavy atom. The van der Waals surface area contributed by atoms with E-state index in [-0.39, 0.29) is 35.6 Å². The van der Waals surface area contributed by atoms with E-state index >= 15 is 0 Å². The number of hydrogen-bond donors (Lipinski definition) is 1. The molecule has 4 rings (SSSR count). The Morgan fingerprint density at radius 2 is 1.97 bits per heavy atom. The summed E-state index contributed by atoms with van der Waals surface area (Å²) in [6, 6.07) is 7.51. The largest absolute Gasteiger partial charge is 0.487 e. The maximum Gasteiger partial charge on any atom is 0.408 e. The average Bonchev–Trinajstić information content (AvgIpc) is 2.70. The van der Waals surface area contributed by atoms with Crippen molar-refractivity contribution in [1.29, 1.82) is 0 Å². The molecular formula is C25H36N2O5. The number of carbonyl (C=O) groups is 2. The molecule has 7 nitrogen and oxygen atoms in total. The Hall–Kier alpha value is -2.28. The number of benzene rings is 1. The molecule has 7 heteroatoms. The highest BCUT2D eigenvalue weighted by Crippen LogP contribution is 2.52. The first kappa shape index (κ1) is 22.9. The number of rotatable bonds is 2. The Bertz CT molecular complexity index is 877. The molecule has 0 aliphatic carbocycles. The van der Waals surface area contributed by atoms with Crippen molar-refractivity contribution in [2.24, 2.45) is 11.8 Å². The van der Waals surface area contributed by atoms with Crippen LogP contribution in [0.15, 0.2) is 24.3 Å². The number of amides is 2. The minimum atomic E-state index is -0.639. The number of nitrogens with one attached hydrogen (secondary N) is 1. The van der Waals surface area contributed by atoms with E-state index in [9.17, 15) is 9.59 Å². The summed E-state index contributed by atoms with van der Waals surface area (Å²) in [5.74, 6) is 1.29. The van der Waals surface area contributed by atoms with Gasteiger partial charge in [0.2, 0.25) is 5.91 Å². The molecule has 2 amide bonds. The monoisotopic (exact) mass is 444 g/mol. The standard InChI is InChI=1S/C25H36N2O5/c1-15(26-23(29)32-24(2,3)4)22(28)27-12-11-19-16(14-27)13-18-21(30-19)17-9-7-8-10-20(17)31-25(18,5)6/h7-10,15-16,18-19,21H,11-14H2,1-6H3,(H,26,29)/t15-,16-,18+,19+,21-/m1/s1. The van der Waals surface area contributed by atoms with Gasteiger partial charge < -0.3 is 24.4 Å². The SMILES string of the molecule is C[C@@H](NC(=O)OC(C)(C)C)C(=O)N1CC[C@@H]2O[C@@H]3c4ccccc4OC(C)(C)[C@H]3C[C@@H]2C1. The molecule has 32 heavy (non-hydrogen) atoms.